The van der Waals surface area contributed by atoms with E-state index in [-0.39, 0.29) is 37.7 Å². The number of carbonyl (C=O) groups is 2. The van der Waals surface area contributed by atoms with Crippen LogP contribution in [-0.4, -0.2) is 49.7 Å². The normalized spacial score (nSPS) is 12.9. The number of hydrogen-bond donors (Lipinski definition) is 0. The molecule has 0 saturated heterocycles. The van der Waals surface area contributed by atoms with Gasteiger partial charge in [0.2, 0.25) is 0 Å². The number of carboxylic acid groups (broad SMARTS) is 2. The molecule has 0 aliphatic carbocycles. The smallest absolute Gasteiger partial charge is 0.549 e. The molecule has 5 heteroatoms. The molecule has 0 bridgehead atoms. The van der Waals surface area contributed by atoms with E-state index in [1.165, 1.54) is 0 Å². The summed E-state index contributed by atoms with van der Waals surface area (Å²) in [6.07, 6.45) is 0. The first kappa shape index (κ1) is 18.6. The van der Waals surface area contributed by atoms with Crippen molar-refractivity contribution in [2.75, 3.05) is 0 Å². The molecule has 0 spiro atoms. The molecule has 0 aromatic carbocycles. The molecular weight excluding hydrogens is 236 g/mol. The average Bonchev–Trinajstić information content (AvgIpc) is 1.75. The topological polar surface area (TPSA) is 80.3 Å². The van der Waals surface area contributed by atoms with Gasteiger partial charge in [-0.2, -0.15) is 0 Å². The fourth-order valence-corrected chi connectivity index (χ4v) is 2.43. The maximum absolute atomic E-state index is 11.2. The third-order valence-electron chi connectivity index (χ3n) is 2.86. The number of rotatable bonds is 2. The Morgan fingerprint density at radius 3 is 0.938 bits per heavy atom. The maximum Gasteiger partial charge on any atom is 2.00 e. The number of carboxylic acids is 2. The summed E-state index contributed by atoms with van der Waals surface area (Å²) in [5.74, 6) is -3.19. The number of carbonyl (C=O) groups excluding carboxylic acids is 2. The van der Waals surface area contributed by atoms with E-state index >= 15 is 0 Å². The Balaban J connectivity index is 0. The van der Waals surface area contributed by atoms with Crippen LogP contribution in [0.2, 0.25) is 0 Å². The second-order valence-electron chi connectivity index (χ2n) is 5.82. The molecule has 0 saturated carbocycles. The Labute approximate surface area is 126 Å². The zero-order valence-corrected chi connectivity index (χ0v) is 13.0. The van der Waals surface area contributed by atoms with Gasteiger partial charge in [0.1, 0.15) is 0 Å². The van der Waals surface area contributed by atoms with Gasteiger partial charge in [-0.3, -0.25) is 0 Å². The van der Waals surface area contributed by atoms with Crippen LogP contribution in [0.4, 0.5) is 0 Å². The number of aliphatic carboxylic acids is 2. The molecule has 0 fully saturated rings. The summed E-state index contributed by atoms with van der Waals surface area (Å²) < 4.78 is 0. The second kappa shape index (κ2) is 5.23. The van der Waals surface area contributed by atoms with Gasteiger partial charge in [0.05, 0.1) is 17.4 Å². The van der Waals surface area contributed by atoms with Crippen molar-refractivity contribution >= 4 is 49.7 Å². The molecule has 0 amide bonds. The molecule has 0 N–H and O–H groups in total. The molecule has 0 unspecified atom stereocenters. The van der Waals surface area contributed by atoms with E-state index in [0.29, 0.717) is 0 Å². The van der Waals surface area contributed by atoms with Crippen molar-refractivity contribution in [1.82, 2.24) is 0 Å². The van der Waals surface area contributed by atoms with Crippen LogP contribution in [0, 0.1) is 16.2 Å². The van der Waals surface area contributed by atoms with Crippen LogP contribution in [0.3, 0.4) is 0 Å². The SMILES string of the molecule is CC(C)(C)C(C(=O)[O-])(C(=O)[O-])C(C)(C)C.[Ca+2]. The van der Waals surface area contributed by atoms with E-state index in [1.807, 2.05) is 0 Å². The summed E-state index contributed by atoms with van der Waals surface area (Å²) in [5, 5.41) is 22.4. The van der Waals surface area contributed by atoms with E-state index < -0.39 is 28.2 Å². The summed E-state index contributed by atoms with van der Waals surface area (Å²) in [4.78, 5) is 22.4. The molecule has 0 atom stereocenters. The van der Waals surface area contributed by atoms with Crippen LogP contribution in [0.15, 0.2) is 0 Å². The van der Waals surface area contributed by atoms with Gasteiger partial charge in [-0.05, 0) is 10.8 Å². The standard InChI is InChI=1S/C11H20O4.Ca/c1-9(2,3)11(7(12)13,8(14)15)10(4,5)6;/h1-6H3,(H,12,13)(H,14,15);/q;+2/p-2. The molecule has 0 heterocycles. The predicted molar refractivity (Wildman–Crippen MR) is 57.1 cm³/mol. The van der Waals surface area contributed by atoms with E-state index in [4.69, 9.17) is 0 Å². The van der Waals surface area contributed by atoms with Gasteiger partial charge in [-0.25, -0.2) is 0 Å². The van der Waals surface area contributed by atoms with E-state index in [1.54, 1.807) is 41.5 Å². The Hall–Kier alpha value is 0.200. The molecule has 88 valence electrons. The minimum atomic E-state index is -2.01. The molecule has 0 aromatic rings. The van der Waals surface area contributed by atoms with E-state index in [2.05, 4.69) is 0 Å². The first-order valence-corrected chi connectivity index (χ1v) is 4.82. The Morgan fingerprint density at radius 1 is 0.750 bits per heavy atom. The van der Waals surface area contributed by atoms with Gasteiger partial charge in [-0.1, -0.05) is 41.5 Å². The van der Waals surface area contributed by atoms with Crippen LogP contribution in [-0.2, 0) is 9.59 Å². The van der Waals surface area contributed by atoms with Crippen molar-refractivity contribution in [3.05, 3.63) is 0 Å². The molecule has 0 aliphatic rings. The van der Waals surface area contributed by atoms with E-state index in [0.717, 1.165) is 0 Å². The fourth-order valence-electron chi connectivity index (χ4n) is 2.43. The molecule has 0 aromatic heterocycles. The fraction of sp³-hybridized carbons (Fsp3) is 0.818. The summed E-state index contributed by atoms with van der Waals surface area (Å²) >= 11 is 0. The minimum absolute atomic E-state index is 0. The van der Waals surface area contributed by atoms with Gasteiger partial charge >= 0.3 is 37.7 Å². The molecule has 0 rings (SSSR count). The first-order valence-electron chi connectivity index (χ1n) is 4.82. The van der Waals surface area contributed by atoms with Crippen LogP contribution in [0.1, 0.15) is 41.5 Å². The van der Waals surface area contributed by atoms with Gasteiger partial charge in [0.25, 0.3) is 0 Å². The van der Waals surface area contributed by atoms with E-state index in [9.17, 15) is 19.8 Å². The average molecular weight is 254 g/mol. The molecule has 0 radical (unpaired) electrons. The molecular formula is C11H18CaO4. The first-order chi connectivity index (χ1) is 6.39. The van der Waals surface area contributed by atoms with Crippen molar-refractivity contribution in [2.24, 2.45) is 16.2 Å². The van der Waals surface area contributed by atoms with Crippen LogP contribution in [0.25, 0.3) is 0 Å². The van der Waals surface area contributed by atoms with Crippen molar-refractivity contribution in [2.45, 2.75) is 41.5 Å². The molecule has 0 aliphatic heterocycles. The maximum atomic E-state index is 11.2. The van der Waals surface area contributed by atoms with Gasteiger partial charge < -0.3 is 19.8 Å². The van der Waals surface area contributed by atoms with Crippen LogP contribution < -0.4 is 10.2 Å². The Bertz CT molecular complexity index is 253. The van der Waals surface area contributed by atoms with Crippen molar-refractivity contribution in [3.8, 4) is 0 Å². The monoisotopic (exact) mass is 254 g/mol. The summed E-state index contributed by atoms with van der Waals surface area (Å²) in [7, 11) is 0. The number of hydrogen-bond acceptors (Lipinski definition) is 4. The minimum Gasteiger partial charge on any atom is -0.549 e. The summed E-state index contributed by atoms with van der Waals surface area (Å²) in [6, 6.07) is 0. The third kappa shape index (κ3) is 2.71. The van der Waals surface area contributed by atoms with Gasteiger partial charge in [-0.15, -0.1) is 0 Å². The van der Waals surface area contributed by atoms with Crippen LogP contribution in [0.5, 0.6) is 0 Å². The van der Waals surface area contributed by atoms with Gasteiger partial charge in [0.15, 0.2) is 0 Å². The van der Waals surface area contributed by atoms with Gasteiger partial charge in [0, 0.05) is 0 Å². The summed E-state index contributed by atoms with van der Waals surface area (Å²) in [6.45, 7) is 9.36. The quantitative estimate of drug-likeness (QED) is 0.476. The van der Waals surface area contributed by atoms with Crippen molar-refractivity contribution in [3.63, 3.8) is 0 Å². The van der Waals surface area contributed by atoms with Crippen molar-refractivity contribution < 1.29 is 19.8 Å². The predicted octanol–water partition coefficient (Wildman–Crippen LogP) is -0.816. The second-order valence-corrected chi connectivity index (χ2v) is 5.82. The summed E-state index contributed by atoms with van der Waals surface area (Å²) in [5.41, 5.74) is -3.98. The van der Waals surface area contributed by atoms with Crippen molar-refractivity contribution in [1.29, 1.82) is 0 Å². The Morgan fingerprint density at radius 2 is 0.938 bits per heavy atom. The molecule has 16 heavy (non-hydrogen) atoms. The van der Waals surface area contributed by atoms with Crippen LogP contribution >= 0.6 is 0 Å². The largest absolute Gasteiger partial charge is 2.00 e. The zero-order valence-electron chi connectivity index (χ0n) is 10.8. The zero-order chi connectivity index (χ0) is 12.7. The third-order valence-corrected chi connectivity index (χ3v) is 2.86. The Kier molecular flexibility index (Phi) is 6.07. The molecule has 4 nitrogen and oxygen atoms in total.